The summed E-state index contributed by atoms with van der Waals surface area (Å²) >= 11 is 5.97. The average Bonchev–Trinajstić information content (AvgIpc) is 2.63. The summed E-state index contributed by atoms with van der Waals surface area (Å²) in [6, 6.07) is 12.1. The molecule has 1 aliphatic rings. The summed E-state index contributed by atoms with van der Waals surface area (Å²) < 4.78 is 13.9. The van der Waals surface area contributed by atoms with Crippen LogP contribution in [-0.2, 0) is 11.2 Å². The van der Waals surface area contributed by atoms with E-state index >= 15 is 0 Å². The first-order valence-electron chi connectivity index (χ1n) is 8.52. The van der Waals surface area contributed by atoms with Crippen LogP contribution in [0.5, 0.6) is 0 Å². The summed E-state index contributed by atoms with van der Waals surface area (Å²) in [7, 11) is 0. The zero-order valence-electron chi connectivity index (χ0n) is 14.5. The van der Waals surface area contributed by atoms with Gasteiger partial charge in [0, 0.05) is 26.2 Å². The molecule has 0 radical (unpaired) electrons. The maximum atomic E-state index is 13.9. The van der Waals surface area contributed by atoms with Crippen LogP contribution in [0.25, 0.3) is 0 Å². The van der Waals surface area contributed by atoms with Crippen molar-refractivity contribution in [3.63, 3.8) is 0 Å². The van der Waals surface area contributed by atoms with Gasteiger partial charge in [-0.3, -0.25) is 9.59 Å². The Hall–Kier alpha value is -2.40. The second-order valence-corrected chi connectivity index (χ2v) is 6.84. The first-order chi connectivity index (χ1) is 12.5. The van der Waals surface area contributed by atoms with Crippen LogP contribution < -0.4 is 0 Å². The molecule has 0 bridgehead atoms. The van der Waals surface area contributed by atoms with Gasteiger partial charge in [0.05, 0.1) is 17.0 Å². The molecule has 136 valence electrons. The highest BCUT2D eigenvalue weighted by Gasteiger charge is 2.27. The molecule has 0 aromatic heterocycles. The van der Waals surface area contributed by atoms with Gasteiger partial charge in [-0.15, -0.1) is 0 Å². The largest absolute Gasteiger partial charge is 0.339 e. The highest BCUT2D eigenvalue weighted by molar-refractivity contribution is 6.33. The average molecular weight is 375 g/mol. The van der Waals surface area contributed by atoms with Crippen LogP contribution >= 0.6 is 11.6 Å². The monoisotopic (exact) mass is 374 g/mol. The molecular formula is C20H20ClFN2O2. The van der Waals surface area contributed by atoms with Crippen molar-refractivity contribution < 1.29 is 14.0 Å². The van der Waals surface area contributed by atoms with Gasteiger partial charge in [-0.05, 0) is 24.6 Å². The minimum Gasteiger partial charge on any atom is -0.339 e. The molecule has 26 heavy (non-hydrogen) atoms. The van der Waals surface area contributed by atoms with Crippen molar-refractivity contribution in [2.45, 2.75) is 13.3 Å². The lowest BCUT2D eigenvalue weighted by atomic mass is 10.1. The summed E-state index contributed by atoms with van der Waals surface area (Å²) in [5.41, 5.74) is 2.02. The summed E-state index contributed by atoms with van der Waals surface area (Å²) in [5.74, 6) is -1.02. The molecule has 1 saturated heterocycles. The van der Waals surface area contributed by atoms with Gasteiger partial charge in [0.25, 0.3) is 5.91 Å². The zero-order valence-corrected chi connectivity index (χ0v) is 15.3. The Kier molecular flexibility index (Phi) is 5.57. The minimum atomic E-state index is -0.625. The number of amides is 2. The molecule has 2 aromatic carbocycles. The van der Waals surface area contributed by atoms with Crippen LogP contribution in [0.1, 0.15) is 21.5 Å². The van der Waals surface area contributed by atoms with Gasteiger partial charge in [0.15, 0.2) is 0 Å². The molecule has 0 spiro atoms. The summed E-state index contributed by atoms with van der Waals surface area (Å²) in [5, 5.41) is 0.105. The number of nitrogens with zero attached hydrogens (tertiary/aromatic N) is 2. The Labute approximate surface area is 157 Å². The normalized spacial score (nSPS) is 14.4. The van der Waals surface area contributed by atoms with E-state index in [4.69, 9.17) is 11.6 Å². The van der Waals surface area contributed by atoms with E-state index in [2.05, 4.69) is 0 Å². The van der Waals surface area contributed by atoms with Crippen LogP contribution in [-0.4, -0.2) is 47.8 Å². The molecule has 4 nitrogen and oxygen atoms in total. The van der Waals surface area contributed by atoms with Crippen LogP contribution in [0.4, 0.5) is 4.39 Å². The standard InChI is InChI=1S/C20H20ClFN2O2/c1-14-5-7-15(8-6-14)13-18(25)23-9-11-24(12-10-23)20(26)19-16(21)3-2-4-17(19)22/h2-8H,9-13H2,1H3. The summed E-state index contributed by atoms with van der Waals surface area (Å²) in [6.45, 7) is 3.60. The van der Waals surface area contributed by atoms with Crippen LogP contribution in [0.2, 0.25) is 5.02 Å². The first kappa shape index (κ1) is 18.4. The number of benzene rings is 2. The smallest absolute Gasteiger partial charge is 0.258 e. The van der Waals surface area contributed by atoms with Crippen LogP contribution in [0.3, 0.4) is 0 Å². The lowest BCUT2D eigenvalue weighted by Crippen LogP contribution is -2.51. The quantitative estimate of drug-likeness (QED) is 0.827. The number of rotatable bonds is 3. The Morgan fingerprint density at radius 2 is 1.62 bits per heavy atom. The van der Waals surface area contributed by atoms with Gasteiger partial charge in [-0.1, -0.05) is 47.5 Å². The SMILES string of the molecule is Cc1ccc(CC(=O)N2CCN(C(=O)c3c(F)cccc3Cl)CC2)cc1. The lowest BCUT2D eigenvalue weighted by Gasteiger charge is -2.35. The van der Waals surface area contributed by atoms with E-state index < -0.39 is 11.7 Å². The van der Waals surface area contributed by atoms with E-state index in [1.807, 2.05) is 31.2 Å². The Morgan fingerprint density at radius 3 is 2.23 bits per heavy atom. The van der Waals surface area contributed by atoms with Gasteiger partial charge in [-0.2, -0.15) is 0 Å². The molecule has 2 amide bonds. The van der Waals surface area contributed by atoms with Crippen molar-refractivity contribution in [1.82, 2.24) is 9.80 Å². The Balaban J connectivity index is 1.59. The molecule has 0 unspecified atom stereocenters. The van der Waals surface area contributed by atoms with Crippen molar-refractivity contribution in [3.8, 4) is 0 Å². The molecule has 3 rings (SSSR count). The second kappa shape index (κ2) is 7.87. The van der Waals surface area contributed by atoms with Crippen LogP contribution in [0.15, 0.2) is 42.5 Å². The van der Waals surface area contributed by atoms with Gasteiger partial charge in [0.1, 0.15) is 5.82 Å². The maximum Gasteiger partial charge on any atom is 0.258 e. The summed E-state index contributed by atoms with van der Waals surface area (Å²) in [4.78, 5) is 28.3. The predicted molar refractivity (Wildman–Crippen MR) is 98.8 cm³/mol. The number of hydrogen-bond donors (Lipinski definition) is 0. The third-order valence-electron chi connectivity index (χ3n) is 4.57. The highest BCUT2D eigenvalue weighted by atomic mass is 35.5. The first-order valence-corrected chi connectivity index (χ1v) is 8.90. The molecule has 0 atom stereocenters. The van der Waals surface area contributed by atoms with Gasteiger partial charge in [0.2, 0.25) is 5.91 Å². The molecule has 0 saturated carbocycles. The fourth-order valence-electron chi connectivity index (χ4n) is 3.01. The van der Waals surface area contributed by atoms with Crippen molar-refractivity contribution in [1.29, 1.82) is 0 Å². The molecule has 1 aliphatic heterocycles. The Bertz CT molecular complexity index is 795. The predicted octanol–water partition coefficient (Wildman–Crippen LogP) is 3.31. The second-order valence-electron chi connectivity index (χ2n) is 6.43. The number of halogens is 2. The molecule has 2 aromatic rings. The van der Waals surface area contributed by atoms with E-state index in [9.17, 15) is 14.0 Å². The molecule has 1 heterocycles. The van der Waals surface area contributed by atoms with Crippen molar-refractivity contribution >= 4 is 23.4 Å². The van der Waals surface area contributed by atoms with E-state index in [1.54, 1.807) is 9.80 Å². The van der Waals surface area contributed by atoms with Crippen molar-refractivity contribution in [2.75, 3.05) is 26.2 Å². The van der Waals surface area contributed by atoms with E-state index in [0.29, 0.717) is 32.6 Å². The summed E-state index contributed by atoms with van der Waals surface area (Å²) in [6.07, 6.45) is 0.341. The van der Waals surface area contributed by atoms with E-state index in [1.165, 1.54) is 18.2 Å². The highest BCUT2D eigenvalue weighted by Crippen LogP contribution is 2.21. The van der Waals surface area contributed by atoms with Crippen molar-refractivity contribution in [2.24, 2.45) is 0 Å². The Morgan fingerprint density at radius 1 is 1.00 bits per heavy atom. The third kappa shape index (κ3) is 4.05. The fourth-order valence-corrected chi connectivity index (χ4v) is 3.26. The fraction of sp³-hybridized carbons (Fsp3) is 0.300. The minimum absolute atomic E-state index is 0.0323. The number of aryl methyl sites for hydroxylation is 1. The molecule has 0 aliphatic carbocycles. The van der Waals surface area contributed by atoms with Gasteiger partial charge in [-0.25, -0.2) is 4.39 Å². The lowest BCUT2D eigenvalue weighted by molar-refractivity contribution is -0.131. The zero-order chi connectivity index (χ0) is 18.7. The van der Waals surface area contributed by atoms with Gasteiger partial charge < -0.3 is 9.80 Å². The molecule has 0 N–H and O–H groups in total. The molecular weight excluding hydrogens is 355 g/mol. The molecule has 6 heteroatoms. The third-order valence-corrected chi connectivity index (χ3v) is 4.89. The van der Waals surface area contributed by atoms with Crippen molar-refractivity contribution in [3.05, 3.63) is 70.0 Å². The maximum absolute atomic E-state index is 13.9. The topological polar surface area (TPSA) is 40.6 Å². The van der Waals surface area contributed by atoms with Gasteiger partial charge >= 0.3 is 0 Å². The van der Waals surface area contributed by atoms with E-state index in [0.717, 1.165) is 11.1 Å². The number of hydrogen-bond acceptors (Lipinski definition) is 2. The number of piperazine rings is 1. The number of carbonyl (C=O) groups is 2. The number of carbonyl (C=O) groups excluding carboxylic acids is 2. The van der Waals surface area contributed by atoms with Crippen LogP contribution in [0, 0.1) is 12.7 Å². The molecule has 1 fully saturated rings. The van der Waals surface area contributed by atoms with E-state index in [-0.39, 0.29) is 16.5 Å².